The minimum Gasteiger partial charge on any atom is -0.334 e. The Bertz CT molecular complexity index is 633. The minimum absolute atomic E-state index is 0.0492. The van der Waals surface area contributed by atoms with E-state index in [0.717, 1.165) is 18.5 Å². The molecule has 1 saturated heterocycles. The number of benzene rings is 1. The number of aryl methyl sites for hydroxylation is 1. The number of carbonyl (C=O) groups excluding carboxylic acids is 2. The van der Waals surface area contributed by atoms with Crippen LogP contribution >= 0.6 is 0 Å². The Balaban J connectivity index is 2.23. The van der Waals surface area contributed by atoms with Gasteiger partial charge in [0, 0.05) is 25.6 Å². The van der Waals surface area contributed by atoms with Crippen LogP contribution in [0.15, 0.2) is 24.3 Å². The van der Waals surface area contributed by atoms with Crippen LogP contribution in [0, 0.1) is 12.3 Å². The summed E-state index contributed by atoms with van der Waals surface area (Å²) >= 11 is 0. The molecule has 1 aromatic rings. The molecule has 0 aliphatic carbocycles. The number of carbonyl (C=O) groups is 2. The van der Waals surface area contributed by atoms with Crippen LogP contribution in [0.1, 0.15) is 51.7 Å². The van der Waals surface area contributed by atoms with Crippen molar-refractivity contribution in [1.29, 1.82) is 0 Å². The molecule has 0 saturated carbocycles. The van der Waals surface area contributed by atoms with Gasteiger partial charge in [0.15, 0.2) is 0 Å². The van der Waals surface area contributed by atoms with Crippen molar-refractivity contribution in [1.82, 2.24) is 9.80 Å². The average molecular weight is 344 g/mol. The highest BCUT2D eigenvalue weighted by molar-refractivity contribution is 5.82. The third-order valence-electron chi connectivity index (χ3n) is 4.87. The number of nitrogens with zero attached hydrogens (tertiary/aromatic N) is 2. The lowest BCUT2D eigenvalue weighted by Crippen LogP contribution is -2.42. The largest absolute Gasteiger partial charge is 0.334 e. The van der Waals surface area contributed by atoms with Crippen LogP contribution in [0.5, 0.6) is 0 Å². The Hall–Kier alpha value is -1.68. The molecule has 1 aromatic carbocycles. The minimum atomic E-state index is -0.0764. The second kappa shape index (κ2) is 7.69. The third-order valence-corrected chi connectivity index (χ3v) is 4.87. The fourth-order valence-corrected chi connectivity index (χ4v) is 3.66. The van der Waals surface area contributed by atoms with Crippen molar-refractivity contribution in [3.8, 4) is 0 Å². The predicted octanol–water partition coefficient (Wildman–Crippen LogP) is 3.42. The Labute approximate surface area is 152 Å². The first-order valence-electron chi connectivity index (χ1n) is 9.12. The maximum Gasteiger partial charge on any atom is 0.223 e. The van der Waals surface area contributed by atoms with Crippen LogP contribution in [-0.2, 0) is 16.1 Å². The van der Waals surface area contributed by atoms with Crippen molar-refractivity contribution < 1.29 is 9.59 Å². The summed E-state index contributed by atoms with van der Waals surface area (Å²) in [6.45, 7) is 11.4. The summed E-state index contributed by atoms with van der Waals surface area (Å²) in [5, 5.41) is 0. The maximum atomic E-state index is 13.0. The molecule has 4 heteroatoms. The monoisotopic (exact) mass is 344 g/mol. The van der Waals surface area contributed by atoms with E-state index in [4.69, 9.17) is 0 Å². The number of Topliss-reactive ketones (excluding diaryl/α,β-unsaturated/α-hetero) is 1. The SMILES string of the molecule is CC(=O)C1CC(N(Cc2cccc(C)c2)C(=O)CC(C)(C)C)CN1C. The zero-order chi connectivity index (χ0) is 18.8. The van der Waals surface area contributed by atoms with Gasteiger partial charge in [-0.2, -0.15) is 0 Å². The lowest BCUT2D eigenvalue weighted by atomic mass is 9.91. The molecule has 0 radical (unpaired) electrons. The Morgan fingerprint density at radius 1 is 1.28 bits per heavy atom. The third kappa shape index (κ3) is 5.40. The summed E-state index contributed by atoms with van der Waals surface area (Å²) in [4.78, 5) is 29.0. The van der Waals surface area contributed by atoms with E-state index in [9.17, 15) is 9.59 Å². The van der Waals surface area contributed by atoms with Crippen LogP contribution in [0.3, 0.4) is 0 Å². The van der Waals surface area contributed by atoms with Gasteiger partial charge in [0.2, 0.25) is 5.91 Å². The first kappa shape index (κ1) is 19.6. The van der Waals surface area contributed by atoms with Crippen molar-refractivity contribution in [2.24, 2.45) is 5.41 Å². The molecule has 1 fully saturated rings. The summed E-state index contributed by atoms with van der Waals surface area (Å²) < 4.78 is 0. The second-order valence-electron chi connectivity index (χ2n) is 8.70. The van der Waals surface area contributed by atoms with E-state index < -0.39 is 0 Å². The number of likely N-dealkylation sites (N-methyl/N-ethyl adjacent to an activating group) is 1. The molecule has 2 atom stereocenters. The van der Waals surface area contributed by atoms with Gasteiger partial charge in [-0.15, -0.1) is 0 Å². The van der Waals surface area contributed by atoms with Crippen LogP contribution in [0.4, 0.5) is 0 Å². The molecule has 25 heavy (non-hydrogen) atoms. The lowest BCUT2D eigenvalue weighted by molar-refractivity contribution is -0.136. The van der Waals surface area contributed by atoms with Gasteiger partial charge in [0.05, 0.1) is 6.04 Å². The van der Waals surface area contributed by atoms with Crippen molar-refractivity contribution in [3.05, 3.63) is 35.4 Å². The Morgan fingerprint density at radius 2 is 1.96 bits per heavy atom. The van der Waals surface area contributed by atoms with Gasteiger partial charge in [0.25, 0.3) is 0 Å². The van der Waals surface area contributed by atoms with Crippen LogP contribution in [0.2, 0.25) is 0 Å². The maximum absolute atomic E-state index is 13.0. The molecule has 0 bridgehead atoms. The second-order valence-corrected chi connectivity index (χ2v) is 8.70. The molecule has 4 nitrogen and oxygen atoms in total. The van der Waals surface area contributed by atoms with Crippen molar-refractivity contribution >= 4 is 11.7 Å². The van der Waals surface area contributed by atoms with Gasteiger partial charge < -0.3 is 4.90 Å². The molecule has 1 aliphatic rings. The highest BCUT2D eigenvalue weighted by Gasteiger charge is 2.38. The number of hydrogen-bond donors (Lipinski definition) is 0. The van der Waals surface area contributed by atoms with Crippen molar-refractivity contribution in [2.75, 3.05) is 13.6 Å². The quantitative estimate of drug-likeness (QED) is 0.822. The number of hydrogen-bond acceptors (Lipinski definition) is 3. The fraction of sp³-hybridized carbons (Fsp3) is 0.619. The smallest absolute Gasteiger partial charge is 0.223 e. The molecule has 0 N–H and O–H groups in total. The summed E-state index contributed by atoms with van der Waals surface area (Å²) in [6.07, 6.45) is 1.25. The zero-order valence-corrected chi connectivity index (χ0v) is 16.5. The molecule has 0 spiro atoms. The predicted molar refractivity (Wildman–Crippen MR) is 101 cm³/mol. The van der Waals surface area contributed by atoms with Crippen LogP contribution < -0.4 is 0 Å². The molecule has 2 unspecified atom stereocenters. The van der Waals surface area contributed by atoms with E-state index in [2.05, 4.69) is 50.8 Å². The first-order chi connectivity index (χ1) is 11.6. The number of ketones is 1. The number of amides is 1. The van der Waals surface area contributed by atoms with Gasteiger partial charge in [-0.1, -0.05) is 50.6 Å². The Morgan fingerprint density at radius 3 is 2.48 bits per heavy atom. The van der Waals surface area contributed by atoms with Gasteiger partial charge in [-0.25, -0.2) is 0 Å². The lowest BCUT2D eigenvalue weighted by Gasteiger charge is -2.32. The van der Waals surface area contributed by atoms with Crippen LogP contribution in [-0.4, -0.2) is 47.2 Å². The Kier molecular flexibility index (Phi) is 6.04. The summed E-state index contributed by atoms with van der Waals surface area (Å²) in [5.41, 5.74) is 2.30. The van der Waals surface area contributed by atoms with E-state index >= 15 is 0 Å². The van der Waals surface area contributed by atoms with Crippen LogP contribution in [0.25, 0.3) is 0 Å². The van der Waals surface area contributed by atoms with Crippen molar-refractivity contribution in [3.63, 3.8) is 0 Å². The summed E-state index contributed by atoms with van der Waals surface area (Å²) in [7, 11) is 1.98. The molecule has 138 valence electrons. The van der Waals surface area contributed by atoms with Gasteiger partial charge in [-0.05, 0) is 38.3 Å². The highest BCUT2D eigenvalue weighted by Crippen LogP contribution is 2.27. The van der Waals surface area contributed by atoms with E-state index in [0.29, 0.717) is 13.0 Å². The van der Waals surface area contributed by atoms with Crippen molar-refractivity contribution in [2.45, 2.75) is 66.1 Å². The van der Waals surface area contributed by atoms with E-state index in [1.807, 2.05) is 18.0 Å². The molecular formula is C21H32N2O2. The number of likely N-dealkylation sites (tertiary alicyclic amines) is 1. The standard InChI is InChI=1S/C21H32N2O2/c1-15-8-7-9-17(10-15)13-23(20(25)12-21(3,4)5)18-11-19(16(2)24)22(6)14-18/h7-10,18-19H,11-14H2,1-6H3. The molecular weight excluding hydrogens is 312 g/mol. The summed E-state index contributed by atoms with van der Waals surface area (Å²) in [6, 6.07) is 8.34. The average Bonchev–Trinajstić information content (AvgIpc) is 2.84. The number of rotatable bonds is 5. The van der Waals surface area contributed by atoms with E-state index in [1.54, 1.807) is 6.92 Å². The molecule has 2 rings (SSSR count). The molecule has 1 amide bonds. The zero-order valence-electron chi connectivity index (χ0n) is 16.5. The van der Waals surface area contributed by atoms with Gasteiger partial charge >= 0.3 is 0 Å². The molecule has 1 aliphatic heterocycles. The van der Waals surface area contributed by atoms with Gasteiger partial charge in [-0.3, -0.25) is 14.5 Å². The topological polar surface area (TPSA) is 40.6 Å². The molecule has 1 heterocycles. The normalized spacial score (nSPS) is 21.4. The highest BCUT2D eigenvalue weighted by atomic mass is 16.2. The first-order valence-corrected chi connectivity index (χ1v) is 9.12. The van der Waals surface area contributed by atoms with Gasteiger partial charge in [0.1, 0.15) is 5.78 Å². The summed E-state index contributed by atoms with van der Waals surface area (Å²) in [5.74, 6) is 0.361. The van der Waals surface area contributed by atoms with E-state index in [-0.39, 0.29) is 29.2 Å². The van der Waals surface area contributed by atoms with E-state index in [1.165, 1.54) is 5.56 Å². The molecule has 0 aromatic heterocycles. The fourth-order valence-electron chi connectivity index (χ4n) is 3.66.